The zero-order valence-corrected chi connectivity index (χ0v) is 11.6. The average molecular weight is 423 g/mol. The summed E-state index contributed by atoms with van der Waals surface area (Å²) in [4.78, 5) is 4.11. The Morgan fingerprint density at radius 1 is 1.39 bits per heavy atom. The van der Waals surface area contributed by atoms with Gasteiger partial charge in [0.25, 0.3) is 0 Å². The van der Waals surface area contributed by atoms with Gasteiger partial charge in [0.1, 0.15) is 11.5 Å². The van der Waals surface area contributed by atoms with E-state index in [1.54, 1.807) is 28.9 Å². The Morgan fingerprint density at radius 2 is 2.11 bits per heavy atom. The Morgan fingerprint density at radius 3 is 2.72 bits per heavy atom. The molecule has 1 radical (unpaired) electrons. The summed E-state index contributed by atoms with van der Waals surface area (Å²) < 4.78 is 27.5. The Hall–Kier alpha value is -1.58. The van der Waals surface area contributed by atoms with Gasteiger partial charge >= 0.3 is 0 Å². The summed E-state index contributed by atoms with van der Waals surface area (Å²) in [7, 11) is 0. The summed E-state index contributed by atoms with van der Waals surface area (Å²) in [6.45, 7) is 8.48. The van der Waals surface area contributed by atoms with Gasteiger partial charge in [-0.3, -0.25) is 9.37 Å². The smallest absolute Gasteiger partial charge is 0.123 e. The van der Waals surface area contributed by atoms with Crippen molar-refractivity contribution in [2.45, 2.75) is 0 Å². The molecule has 0 saturated heterocycles. The van der Waals surface area contributed by atoms with Crippen LogP contribution >= 0.6 is 0 Å². The van der Waals surface area contributed by atoms with E-state index in [1.807, 2.05) is 6.07 Å². The molecule has 18 heavy (non-hydrogen) atoms. The summed E-state index contributed by atoms with van der Waals surface area (Å²) in [5.74, 6) is -1.78. The number of imidazole rings is 1. The first-order valence-corrected chi connectivity index (χ1v) is 4.86. The van der Waals surface area contributed by atoms with Crippen molar-refractivity contribution in [1.29, 1.82) is 0 Å². The molecule has 0 aliphatic rings. The largest absolute Gasteiger partial charge is 0.320 e. The molecule has 2 nitrogen and oxygen atoms in total. The van der Waals surface area contributed by atoms with Crippen LogP contribution in [0.15, 0.2) is 54.9 Å². The van der Waals surface area contributed by atoms with Crippen molar-refractivity contribution in [2.75, 3.05) is 0 Å². The first-order valence-electron chi connectivity index (χ1n) is 4.86. The quantitative estimate of drug-likeness (QED) is 0.546. The zero-order valence-electron chi connectivity index (χ0n) is 9.23. The van der Waals surface area contributed by atoms with Crippen molar-refractivity contribution < 1.29 is 28.9 Å². The molecular weight excluding hydrogens is 414 g/mol. The minimum atomic E-state index is -0.894. The van der Waals surface area contributed by atoms with Crippen LogP contribution in [0, 0.1) is 6.58 Å². The second-order valence-corrected chi connectivity index (χ2v) is 3.45. The minimum absolute atomic E-state index is 0. The molecule has 2 aromatic rings. The van der Waals surface area contributed by atoms with Gasteiger partial charge in [-0.2, -0.15) is 0 Å². The van der Waals surface area contributed by atoms with Gasteiger partial charge in [0.15, 0.2) is 0 Å². The van der Waals surface area contributed by atoms with Crippen LogP contribution in [0.5, 0.6) is 0 Å². The van der Waals surface area contributed by atoms with Crippen molar-refractivity contribution in [3.05, 3.63) is 67.2 Å². The SMILES string of the molecule is [CH-]=C(/C(F)=C\C(=C)F)c1cn2ccccc2n1.[Ir]. The normalized spacial score (nSPS) is 11.1. The molecule has 2 heterocycles. The van der Waals surface area contributed by atoms with Crippen LogP contribution in [0.4, 0.5) is 8.78 Å². The standard InChI is InChI=1S/C13H9F2N2.Ir/c1-9(14)7-11(15)10(2)12-8-17-6-4-3-5-13(17)16-12;/h2-8H,1H2;/q-1;/b11-7+;. The van der Waals surface area contributed by atoms with E-state index in [0.29, 0.717) is 11.7 Å². The number of allylic oxidation sites excluding steroid dienone is 4. The summed E-state index contributed by atoms with van der Waals surface area (Å²) >= 11 is 0. The summed E-state index contributed by atoms with van der Waals surface area (Å²) in [6.07, 6.45) is 3.95. The second-order valence-electron chi connectivity index (χ2n) is 3.45. The predicted octanol–water partition coefficient (Wildman–Crippen LogP) is 3.48. The van der Waals surface area contributed by atoms with Gasteiger partial charge in [0, 0.05) is 32.1 Å². The van der Waals surface area contributed by atoms with Crippen molar-refractivity contribution in [3.8, 4) is 0 Å². The Bertz CT molecular complexity index is 596. The Labute approximate surface area is 117 Å². The molecule has 0 fully saturated rings. The van der Waals surface area contributed by atoms with Gasteiger partial charge in [0.2, 0.25) is 0 Å². The molecule has 0 spiro atoms. The fourth-order valence-electron chi connectivity index (χ4n) is 1.40. The zero-order chi connectivity index (χ0) is 12.4. The number of rotatable bonds is 3. The van der Waals surface area contributed by atoms with E-state index < -0.39 is 11.7 Å². The van der Waals surface area contributed by atoms with Gasteiger partial charge in [-0.25, -0.2) is 11.0 Å². The third kappa shape index (κ3) is 3.00. The van der Waals surface area contributed by atoms with E-state index in [0.717, 1.165) is 0 Å². The molecule has 0 unspecified atom stereocenters. The maximum Gasteiger partial charge on any atom is 0.123 e. The number of nitrogens with zero attached hydrogens (tertiary/aromatic N) is 2. The fourth-order valence-corrected chi connectivity index (χ4v) is 1.40. The fraction of sp³-hybridized carbons (Fsp3) is 0. The van der Waals surface area contributed by atoms with E-state index in [4.69, 9.17) is 6.58 Å². The summed E-state index contributed by atoms with van der Waals surface area (Å²) in [5.41, 5.74) is 0.677. The number of aromatic nitrogens is 2. The first-order chi connectivity index (χ1) is 8.08. The number of hydrogen-bond acceptors (Lipinski definition) is 1. The number of pyridine rings is 1. The maximum absolute atomic E-state index is 13.4. The third-order valence-corrected chi connectivity index (χ3v) is 2.18. The first kappa shape index (κ1) is 14.5. The Balaban J connectivity index is 0.00000162. The number of halogens is 2. The van der Waals surface area contributed by atoms with Crippen molar-refractivity contribution >= 4 is 11.2 Å². The van der Waals surface area contributed by atoms with Gasteiger partial charge < -0.3 is 4.40 Å². The minimum Gasteiger partial charge on any atom is -0.320 e. The number of fused-ring (bicyclic) bond motifs is 1. The Kier molecular flexibility index (Phi) is 4.70. The molecule has 0 aliphatic carbocycles. The third-order valence-electron chi connectivity index (χ3n) is 2.18. The average Bonchev–Trinajstić information content (AvgIpc) is 2.70. The molecule has 2 rings (SSSR count). The van der Waals surface area contributed by atoms with Gasteiger partial charge in [0.05, 0.1) is 0 Å². The molecule has 95 valence electrons. The molecule has 0 bridgehead atoms. The van der Waals surface area contributed by atoms with Crippen molar-refractivity contribution in [2.24, 2.45) is 0 Å². The monoisotopic (exact) mass is 424 g/mol. The molecular formula is C13H9F2IrN2-. The molecule has 0 amide bonds. The van der Waals surface area contributed by atoms with E-state index in [-0.39, 0.29) is 31.4 Å². The molecule has 0 saturated carbocycles. The molecule has 2 aromatic heterocycles. The van der Waals surface area contributed by atoms with E-state index in [2.05, 4.69) is 11.6 Å². The van der Waals surface area contributed by atoms with Crippen LogP contribution in [0.3, 0.4) is 0 Å². The van der Waals surface area contributed by atoms with Crippen LogP contribution in [-0.2, 0) is 20.1 Å². The molecule has 0 aromatic carbocycles. The van der Waals surface area contributed by atoms with Gasteiger partial charge in [-0.05, 0) is 30.1 Å². The summed E-state index contributed by atoms with van der Waals surface area (Å²) in [5, 5.41) is 0. The van der Waals surface area contributed by atoms with Crippen LogP contribution in [0.1, 0.15) is 5.69 Å². The summed E-state index contributed by atoms with van der Waals surface area (Å²) in [6, 6.07) is 5.37. The topological polar surface area (TPSA) is 17.3 Å². The van der Waals surface area contributed by atoms with Crippen LogP contribution < -0.4 is 0 Å². The maximum atomic E-state index is 13.4. The van der Waals surface area contributed by atoms with E-state index in [1.165, 1.54) is 0 Å². The second kappa shape index (κ2) is 5.85. The van der Waals surface area contributed by atoms with Crippen LogP contribution in [0.25, 0.3) is 11.2 Å². The molecule has 0 aliphatic heterocycles. The van der Waals surface area contributed by atoms with E-state index in [9.17, 15) is 8.78 Å². The number of hydrogen-bond donors (Lipinski definition) is 0. The van der Waals surface area contributed by atoms with Crippen LogP contribution in [0.2, 0.25) is 0 Å². The molecule has 0 N–H and O–H groups in total. The van der Waals surface area contributed by atoms with Gasteiger partial charge in [-0.1, -0.05) is 12.6 Å². The van der Waals surface area contributed by atoms with Crippen molar-refractivity contribution in [1.82, 2.24) is 9.38 Å². The van der Waals surface area contributed by atoms with Crippen molar-refractivity contribution in [3.63, 3.8) is 0 Å². The van der Waals surface area contributed by atoms with Crippen LogP contribution in [-0.4, -0.2) is 9.38 Å². The van der Waals surface area contributed by atoms with Gasteiger partial charge in [-0.15, -0.1) is 5.57 Å². The van der Waals surface area contributed by atoms with E-state index >= 15 is 0 Å². The molecule has 5 heteroatoms. The predicted molar refractivity (Wildman–Crippen MR) is 62.3 cm³/mol. The molecule has 0 atom stereocenters.